The quantitative estimate of drug-likeness (QED) is 0.840. The van der Waals surface area contributed by atoms with Crippen molar-refractivity contribution in [3.8, 4) is 11.5 Å². The van der Waals surface area contributed by atoms with Crippen LogP contribution in [0.3, 0.4) is 0 Å². The Hall–Kier alpha value is -1.53. The number of ether oxygens (including phenoxy) is 2. The molecule has 1 heterocycles. The van der Waals surface area contributed by atoms with Crippen molar-refractivity contribution >= 4 is 33.2 Å². The minimum absolute atomic E-state index is 0.150. The fourth-order valence-electron chi connectivity index (χ4n) is 1.81. The molecule has 112 valence electrons. The van der Waals surface area contributed by atoms with Crippen LogP contribution < -0.4 is 14.8 Å². The number of rotatable bonds is 6. The van der Waals surface area contributed by atoms with Gasteiger partial charge in [-0.05, 0) is 57.4 Å². The van der Waals surface area contributed by atoms with E-state index in [-0.39, 0.29) is 5.91 Å². The summed E-state index contributed by atoms with van der Waals surface area (Å²) in [5.74, 6) is 0.990. The van der Waals surface area contributed by atoms with E-state index in [1.807, 2.05) is 23.8 Å². The second-order valence-electron chi connectivity index (χ2n) is 4.24. The lowest BCUT2D eigenvalue weighted by Crippen LogP contribution is -2.22. The molecule has 1 amide bonds. The van der Waals surface area contributed by atoms with Crippen molar-refractivity contribution in [3.05, 3.63) is 44.6 Å². The first kappa shape index (κ1) is 15.9. The molecule has 0 aliphatic carbocycles. The maximum atomic E-state index is 12.2. The Morgan fingerprint density at radius 3 is 2.86 bits per heavy atom. The molecule has 0 unspecified atom stereocenters. The van der Waals surface area contributed by atoms with Crippen molar-refractivity contribution < 1.29 is 14.3 Å². The largest absolute Gasteiger partial charge is 0.493 e. The highest BCUT2D eigenvalue weighted by molar-refractivity contribution is 9.10. The molecule has 0 fully saturated rings. The Labute approximate surface area is 136 Å². The van der Waals surface area contributed by atoms with Gasteiger partial charge in [0.25, 0.3) is 5.91 Å². The van der Waals surface area contributed by atoms with E-state index in [4.69, 9.17) is 9.47 Å². The lowest BCUT2D eigenvalue weighted by atomic mass is 10.2. The molecule has 4 nitrogen and oxygen atoms in total. The summed E-state index contributed by atoms with van der Waals surface area (Å²) in [6.07, 6.45) is 0. The molecule has 2 rings (SSSR count). The zero-order valence-corrected chi connectivity index (χ0v) is 14.2. The average Bonchev–Trinajstić information content (AvgIpc) is 3.00. The predicted octanol–water partition coefficient (Wildman–Crippen LogP) is 3.85. The molecule has 2 aromatic rings. The highest BCUT2D eigenvalue weighted by Gasteiger charge is 2.15. The van der Waals surface area contributed by atoms with E-state index in [2.05, 4.69) is 21.2 Å². The summed E-state index contributed by atoms with van der Waals surface area (Å²) in [6.45, 7) is 2.93. The highest BCUT2D eigenvalue weighted by Crippen LogP contribution is 2.36. The van der Waals surface area contributed by atoms with E-state index in [0.717, 1.165) is 5.56 Å². The van der Waals surface area contributed by atoms with Crippen LogP contribution in [0.1, 0.15) is 22.8 Å². The Kier molecular flexibility index (Phi) is 5.64. The van der Waals surface area contributed by atoms with Gasteiger partial charge < -0.3 is 14.8 Å². The van der Waals surface area contributed by atoms with E-state index >= 15 is 0 Å². The standard InChI is InChI=1S/C15H16BrNO3S/c1-3-20-14-12(16)6-11(7-13(14)19-2)15(18)17-8-10-4-5-21-9-10/h4-7,9H,3,8H2,1-2H3,(H,17,18). The summed E-state index contributed by atoms with van der Waals surface area (Å²) >= 11 is 5.02. The molecule has 0 saturated carbocycles. The number of hydrogen-bond acceptors (Lipinski definition) is 4. The SMILES string of the molecule is CCOc1c(Br)cc(C(=O)NCc2ccsc2)cc1OC. The summed E-state index contributed by atoms with van der Waals surface area (Å²) < 4.78 is 11.5. The van der Waals surface area contributed by atoms with Crippen molar-refractivity contribution in [1.29, 1.82) is 0 Å². The number of hydrogen-bond donors (Lipinski definition) is 1. The summed E-state index contributed by atoms with van der Waals surface area (Å²) in [7, 11) is 1.55. The third-order valence-corrected chi connectivity index (χ3v) is 4.13. The molecule has 1 aromatic heterocycles. The zero-order valence-electron chi connectivity index (χ0n) is 11.8. The van der Waals surface area contributed by atoms with Crippen molar-refractivity contribution in [2.45, 2.75) is 13.5 Å². The summed E-state index contributed by atoms with van der Waals surface area (Å²) in [4.78, 5) is 12.2. The lowest BCUT2D eigenvalue weighted by molar-refractivity contribution is 0.0950. The molecule has 21 heavy (non-hydrogen) atoms. The Morgan fingerprint density at radius 1 is 1.43 bits per heavy atom. The number of methoxy groups -OCH3 is 1. The van der Waals surface area contributed by atoms with Crippen molar-refractivity contribution in [2.24, 2.45) is 0 Å². The molecule has 1 N–H and O–H groups in total. The molecule has 1 aromatic carbocycles. The second kappa shape index (κ2) is 7.47. The Bertz CT molecular complexity index is 614. The molecule has 0 spiro atoms. The van der Waals surface area contributed by atoms with E-state index in [9.17, 15) is 4.79 Å². The lowest BCUT2D eigenvalue weighted by Gasteiger charge is -2.13. The van der Waals surface area contributed by atoms with Gasteiger partial charge in [-0.2, -0.15) is 11.3 Å². The maximum Gasteiger partial charge on any atom is 0.251 e. The zero-order chi connectivity index (χ0) is 15.2. The molecule has 0 saturated heterocycles. The van der Waals surface area contributed by atoms with Crippen molar-refractivity contribution in [3.63, 3.8) is 0 Å². The van der Waals surface area contributed by atoms with E-state index in [1.54, 1.807) is 30.6 Å². The van der Waals surface area contributed by atoms with Gasteiger partial charge in [-0.15, -0.1) is 0 Å². The van der Waals surface area contributed by atoms with Crippen LogP contribution in [0.15, 0.2) is 33.4 Å². The minimum Gasteiger partial charge on any atom is -0.493 e. The van der Waals surface area contributed by atoms with E-state index in [0.29, 0.717) is 34.7 Å². The van der Waals surface area contributed by atoms with Gasteiger partial charge in [0.05, 0.1) is 18.2 Å². The smallest absolute Gasteiger partial charge is 0.251 e. The predicted molar refractivity (Wildman–Crippen MR) is 87.4 cm³/mol. The molecule has 0 aliphatic heterocycles. The molecule has 0 bridgehead atoms. The molecule has 0 aliphatic rings. The van der Waals surface area contributed by atoms with Crippen LogP contribution in [0.25, 0.3) is 0 Å². The van der Waals surface area contributed by atoms with E-state index in [1.165, 1.54) is 0 Å². The third-order valence-electron chi connectivity index (χ3n) is 2.81. The number of halogens is 1. The van der Waals surface area contributed by atoms with Crippen LogP contribution in [0.4, 0.5) is 0 Å². The second-order valence-corrected chi connectivity index (χ2v) is 5.87. The van der Waals surface area contributed by atoms with Gasteiger partial charge in [0, 0.05) is 12.1 Å². The van der Waals surface area contributed by atoms with Gasteiger partial charge in [-0.1, -0.05) is 0 Å². The van der Waals surface area contributed by atoms with Crippen LogP contribution in [0, 0.1) is 0 Å². The Morgan fingerprint density at radius 2 is 2.24 bits per heavy atom. The van der Waals surface area contributed by atoms with Gasteiger partial charge in [0.2, 0.25) is 0 Å². The van der Waals surface area contributed by atoms with Crippen LogP contribution in [-0.2, 0) is 6.54 Å². The molecule has 6 heteroatoms. The number of nitrogens with one attached hydrogen (secondary N) is 1. The van der Waals surface area contributed by atoms with Crippen molar-refractivity contribution in [1.82, 2.24) is 5.32 Å². The highest BCUT2D eigenvalue weighted by atomic mass is 79.9. The first-order valence-corrected chi connectivity index (χ1v) is 8.19. The van der Waals surface area contributed by atoms with Crippen LogP contribution in [0.2, 0.25) is 0 Å². The number of benzene rings is 1. The van der Waals surface area contributed by atoms with Gasteiger partial charge >= 0.3 is 0 Å². The molecule has 0 atom stereocenters. The summed E-state index contributed by atoms with van der Waals surface area (Å²) in [5, 5.41) is 6.87. The number of amides is 1. The molecular weight excluding hydrogens is 354 g/mol. The molecular formula is C15H16BrNO3S. The van der Waals surface area contributed by atoms with Gasteiger partial charge in [0.15, 0.2) is 11.5 Å². The monoisotopic (exact) mass is 369 g/mol. The first-order valence-electron chi connectivity index (χ1n) is 6.45. The van der Waals surface area contributed by atoms with Crippen molar-refractivity contribution in [2.75, 3.05) is 13.7 Å². The topological polar surface area (TPSA) is 47.6 Å². The normalized spacial score (nSPS) is 10.2. The number of thiophene rings is 1. The fraction of sp³-hybridized carbons (Fsp3) is 0.267. The van der Waals surface area contributed by atoms with Gasteiger partial charge in [-0.3, -0.25) is 4.79 Å². The number of carbonyl (C=O) groups is 1. The fourth-order valence-corrected chi connectivity index (χ4v) is 3.04. The summed E-state index contributed by atoms with van der Waals surface area (Å²) in [6, 6.07) is 5.40. The van der Waals surface area contributed by atoms with Gasteiger partial charge in [-0.25, -0.2) is 0 Å². The number of carbonyl (C=O) groups excluding carboxylic acids is 1. The Balaban J connectivity index is 2.15. The van der Waals surface area contributed by atoms with Crippen LogP contribution >= 0.6 is 27.3 Å². The summed E-state index contributed by atoms with van der Waals surface area (Å²) in [5.41, 5.74) is 1.61. The molecule has 0 radical (unpaired) electrons. The van der Waals surface area contributed by atoms with Crippen LogP contribution in [0.5, 0.6) is 11.5 Å². The van der Waals surface area contributed by atoms with Gasteiger partial charge in [0.1, 0.15) is 0 Å². The third kappa shape index (κ3) is 3.98. The van der Waals surface area contributed by atoms with Crippen LogP contribution in [-0.4, -0.2) is 19.6 Å². The minimum atomic E-state index is -0.150. The first-order chi connectivity index (χ1) is 10.2. The van der Waals surface area contributed by atoms with E-state index < -0.39 is 0 Å². The average molecular weight is 370 g/mol. The maximum absolute atomic E-state index is 12.2.